The molecule has 1 saturated heterocycles. The number of halogens is 1. The van der Waals surface area contributed by atoms with Gasteiger partial charge in [0.05, 0.1) is 5.88 Å². The number of carbonyl (C=O) groups excluding carboxylic acids is 1. The summed E-state index contributed by atoms with van der Waals surface area (Å²) in [7, 11) is 1.78. The van der Waals surface area contributed by atoms with Gasteiger partial charge in [0.25, 0.3) is 0 Å². The van der Waals surface area contributed by atoms with Crippen molar-refractivity contribution in [2.24, 2.45) is 0 Å². The van der Waals surface area contributed by atoms with Crippen LogP contribution in [-0.4, -0.2) is 23.1 Å². The van der Waals surface area contributed by atoms with Gasteiger partial charge in [0.15, 0.2) is 5.78 Å². The lowest BCUT2D eigenvalue weighted by atomic mass is 10.2. The summed E-state index contributed by atoms with van der Waals surface area (Å²) in [6, 6.07) is 0. The number of hydrogen-bond donors (Lipinski definition) is 0. The number of allylic oxidation sites excluding steroid dienone is 2. The van der Waals surface area contributed by atoms with Crippen molar-refractivity contribution in [2.45, 2.75) is 26.2 Å². The van der Waals surface area contributed by atoms with Crippen molar-refractivity contribution >= 4 is 35.9 Å². The molecule has 1 fully saturated rings. The van der Waals surface area contributed by atoms with Gasteiger partial charge in [0.2, 0.25) is 0 Å². The molecule has 0 saturated carbocycles. The van der Waals surface area contributed by atoms with Crippen LogP contribution in [0.4, 0.5) is 0 Å². The fraction of sp³-hybridized carbons (Fsp3) is 0.667. The molecule has 1 heterocycles. The molecule has 0 spiro atoms. The van der Waals surface area contributed by atoms with Crippen LogP contribution in [-0.2, 0) is 4.79 Å². The van der Waals surface area contributed by atoms with E-state index in [-0.39, 0.29) is 5.78 Å². The Labute approximate surface area is 95.7 Å². The molecular formula is C9H14INOS. The van der Waals surface area contributed by atoms with Crippen molar-refractivity contribution < 1.29 is 4.79 Å². The molecule has 0 aromatic heterocycles. The predicted molar refractivity (Wildman–Crippen MR) is 65.8 cm³/mol. The van der Waals surface area contributed by atoms with Crippen molar-refractivity contribution in [3.63, 3.8) is 0 Å². The summed E-state index contributed by atoms with van der Waals surface area (Å²) in [6.07, 6.45) is 4.71. The lowest BCUT2D eigenvalue weighted by molar-refractivity contribution is -0.114. The van der Waals surface area contributed by atoms with E-state index < -0.39 is 0 Å². The predicted octanol–water partition coefficient (Wildman–Crippen LogP) is 2.99. The maximum atomic E-state index is 11.2. The SMILES string of the molecule is CCC(=O)/C=C1\CCCN1CSI. The van der Waals surface area contributed by atoms with Crippen molar-refractivity contribution in [1.29, 1.82) is 0 Å². The van der Waals surface area contributed by atoms with Crippen LogP contribution in [0.15, 0.2) is 11.8 Å². The van der Waals surface area contributed by atoms with E-state index in [2.05, 4.69) is 26.1 Å². The quantitative estimate of drug-likeness (QED) is 0.588. The molecule has 1 aliphatic heterocycles. The van der Waals surface area contributed by atoms with Crippen molar-refractivity contribution in [3.05, 3.63) is 11.8 Å². The first-order valence-electron chi connectivity index (χ1n) is 4.49. The first-order valence-corrected chi connectivity index (χ1v) is 8.02. The van der Waals surface area contributed by atoms with Gasteiger partial charge >= 0.3 is 0 Å². The van der Waals surface area contributed by atoms with Gasteiger partial charge in [-0.1, -0.05) is 15.9 Å². The number of nitrogens with zero attached hydrogens (tertiary/aromatic N) is 1. The average Bonchev–Trinajstić information content (AvgIpc) is 2.54. The zero-order chi connectivity index (χ0) is 9.68. The largest absolute Gasteiger partial charge is 0.365 e. The first kappa shape index (κ1) is 11.4. The summed E-state index contributed by atoms with van der Waals surface area (Å²) in [5.74, 6) is 1.25. The van der Waals surface area contributed by atoms with Crippen molar-refractivity contribution in [1.82, 2.24) is 4.90 Å². The minimum atomic E-state index is 0.250. The molecular weight excluding hydrogens is 297 g/mol. The van der Waals surface area contributed by atoms with Crippen LogP contribution in [0.2, 0.25) is 0 Å². The number of carbonyl (C=O) groups is 1. The molecule has 0 unspecified atom stereocenters. The molecule has 0 aromatic rings. The van der Waals surface area contributed by atoms with Crippen LogP contribution >= 0.6 is 30.1 Å². The second-order valence-corrected chi connectivity index (χ2v) is 5.41. The molecule has 74 valence electrons. The van der Waals surface area contributed by atoms with Gasteiger partial charge in [-0.15, -0.1) is 0 Å². The van der Waals surface area contributed by atoms with Crippen molar-refractivity contribution in [2.75, 3.05) is 12.4 Å². The van der Waals surface area contributed by atoms with E-state index in [4.69, 9.17) is 0 Å². The number of hydrogen-bond acceptors (Lipinski definition) is 3. The number of likely N-dealkylation sites (tertiary alicyclic amines) is 1. The van der Waals surface area contributed by atoms with E-state index in [0.717, 1.165) is 18.8 Å². The topological polar surface area (TPSA) is 20.3 Å². The highest BCUT2D eigenvalue weighted by molar-refractivity contribution is 14.2. The maximum Gasteiger partial charge on any atom is 0.157 e. The zero-order valence-electron chi connectivity index (χ0n) is 7.75. The van der Waals surface area contributed by atoms with Gasteiger partial charge in [-0.05, 0) is 34.0 Å². The molecule has 4 heteroatoms. The van der Waals surface area contributed by atoms with Crippen LogP contribution in [0.3, 0.4) is 0 Å². The highest BCUT2D eigenvalue weighted by Crippen LogP contribution is 2.25. The summed E-state index contributed by atoms with van der Waals surface area (Å²) in [4.78, 5) is 13.5. The van der Waals surface area contributed by atoms with Crippen molar-refractivity contribution in [3.8, 4) is 0 Å². The normalized spacial score (nSPS) is 19.8. The second-order valence-electron chi connectivity index (χ2n) is 3.06. The fourth-order valence-corrected chi connectivity index (χ4v) is 2.83. The van der Waals surface area contributed by atoms with Crippen LogP contribution in [0.1, 0.15) is 26.2 Å². The molecule has 0 N–H and O–H groups in total. The molecule has 2 nitrogen and oxygen atoms in total. The number of rotatable bonds is 4. The smallest absolute Gasteiger partial charge is 0.157 e. The van der Waals surface area contributed by atoms with Gasteiger partial charge in [-0.3, -0.25) is 4.79 Å². The monoisotopic (exact) mass is 311 g/mol. The third-order valence-corrected chi connectivity index (χ3v) is 3.39. The standard InChI is InChI=1S/C9H14INOS/c1-2-9(12)6-8-4-3-5-11(8)7-13-10/h6H,2-5,7H2,1H3/b8-6+. The minimum absolute atomic E-state index is 0.250. The second kappa shape index (κ2) is 5.90. The van der Waals surface area contributed by atoms with E-state index in [1.54, 1.807) is 8.93 Å². The van der Waals surface area contributed by atoms with Crippen LogP contribution in [0.5, 0.6) is 0 Å². The van der Waals surface area contributed by atoms with Gasteiger partial charge in [0.1, 0.15) is 0 Å². The maximum absolute atomic E-state index is 11.2. The lowest BCUT2D eigenvalue weighted by Gasteiger charge is -2.17. The van der Waals surface area contributed by atoms with Crippen LogP contribution < -0.4 is 0 Å². The Hall–Kier alpha value is 0.290. The Morgan fingerprint density at radius 2 is 2.54 bits per heavy atom. The Morgan fingerprint density at radius 3 is 3.15 bits per heavy atom. The average molecular weight is 311 g/mol. The van der Waals surface area contributed by atoms with Crippen LogP contribution in [0.25, 0.3) is 0 Å². The summed E-state index contributed by atoms with van der Waals surface area (Å²) in [5, 5.41) is 0. The number of ketones is 1. The molecule has 0 atom stereocenters. The molecule has 13 heavy (non-hydrogen) atoms. The Balaban J connectivity index is 2.56. The molecule has 0 amide bonds. The Kier molecular flexibility index (Phi) is 5.16. The third-order valence-electron chi connectivity index (χ3n) is 2.15. The zero-order valence-corrected chi connectivity index (χ0v) is 10.7. The molecule has 1 rings (SSSR count). The summed E-state index contributed by atoms with van der Waals surface area (Å²) in [6.45, 7) is 3.02. The molecule has 0 aromatic carbocycles. The van der Waals surface area contributed by atoms with E-state index >= 15 is 0 Å². The van der Waals surface area contributed by atoms with E-state index in [1.165, 1.54) is 12.1 Å². The van der Waals surface area contributed by atoms with Gasteiger partial charge in [0, 0.05) is 24.7 Å². The van der Waals surface area contributed by atoms with E-state index in [9.17, 15) is 4.79 Å². The molecule has 0 radical (unpaired) electrons. The first-order chi connectivity index (χ1) is 6.27. The molecule has 0 aliphatic carbocycles. The summed E-state index contributed by atoms with van der Waals surface area (Å²) in [5.41, 5.74) is 1.23. The Morgan fingerprint density at radius 1 is 1.77 bits per heavy atom. The van der Waals surface area contributed by atoms with E-state index in [0.29, 0.717) is 6.42 Å². The summed E-state index contributed by atoms with van der Waals surface area (Å²) < 4.78 is 0. The van der Waals surface area contributed by atoms with Gasteiger partial charge < -0.3 is 4.90 Å². The molecule has 1 aliphatic rings. The molecule has 0 bridgehead atoms. The highest BCUT2D eigenvalue weighted by atomic mass is 127. The highest BCUT2D eigenvalue weighted by Gasteiger charge is 2.16. The van der Waals surface area contributed by atoms with E-state index in [1.807, 2.05) is 13.0 Å². The Bertz CT molecular complexity index is 218. The van der Waals surface area contributed by atoms with Crippen LogP contribution in [0, 0.1) is 0 Å². The lowest BCUT2D eigenvalue weighted by Crippen LogP contribution is -2.16. The minimum Gasteiger partial charge on any atom is -0.365 e. The third kappa shape index (κ3) is 3.50. The van der Waals surface area contributed by atoms with Gasteiger partial charge in [-0.2, -0.15) is 0 Å². The summed E-state index contributed by atoms with van der Waals surface area (Å²) >= 11 is 2.29. The fourth-order valence-electron chi connectivity index (χ4n) is 1.41. The van der Waals surface area contributed by atoms with Gasteiger partial charge in [-0.25, -0.2) is 0 Å².